The van der Waals surface area contributed by atoms with E-state index in [9.17, 15) is 14.4 Å². The van der Waals surface area contributed by atoms with Gasteiger partial charge in [0.2, 0.25) is 6.79 Å². The number of benzene rings is 1. The van der Waals surface area contributed by atoms with Crippen molar-refractivity contribution < 1.29 is 38.1 Å². The zero-order valence-electron chi connectivity index (χ0n) is 19.5. The van der Waals surface area contributed by atoms with Gasteiger partial charge in [-0.1, -0.05) is 0 Å². The molecule has 3 rings (SSSR count). The second-order valence-electron chi connectivity index (χ2n) is 7.04. The molecule has 0 saturated carbocycles. The van der Waals surface area contributed by atoms with Gasteiger partial charge in [-0.05, 0) is 57.6 Å². The summed E-state index contributed by atoms with van der Waals surface area (Å²) in [7, 11) is 0. The van der Waals surface area contributed by atoms with Crippen LogP contribution in [-0.2, 0) is 14.3 Å². The summed E-state index contributed by atoms with van der Waals surface area (Å²) in [5.74, 6) is -0.120. The highest BCUT2D eigenvalue weighted by atomic mass is 32.1. The molecule has 1 aliphatic rings. The van der Waals surface area contributed by atoms with Crippen molar-refractivity contribution in [3.05, 3.63) is 34.2 Å². The molecule has 1 amide bonds. The smallest absolute Gasteiger partial charge is 0.348 e. The van der Waals surface area contributed by atoms with Crippen molar-refractivity contribution in [3.63, 3.8) is 0 Å². The molecule has 0 bridgehead atoms. The molecule has 13 heteroatoms. The van der Waals surface area contributed by atoms with Crippen molar-refractivity contribution in [1.82, 2.24) is 10.9 Å². The van der Waals surface area contributed by atoms with Gasteiger partial charge in [-0.25, -0.2) is 9.59 Å². The highest BCUT2D eigenvalue weighted by Crippen LogP contribution is 2.36. The van der Waals surface area contributed by atoms with E-state index in [1.807, 2.05) is 0 Å². The molecule has 0 unspecified atom stereocenters. The summed E-state index contributed by atoms with van der Waals surface area (Å²) in [6, 6.07) is 4.98. The fourth-order valence-electron chi connectivity index (χ4n) is 3.00. The molecule has 0 saturated heterocycles. The Labute approximate surface area is 211 Å². The number of amides is 1. The number of ether oxygens (including phenoxy) is 5. The maximum Gasteiger partial charge on any atom is 0.348 e. The average Bonchev–Trinajstić information content (AvgIpc) is 3.41. The number of thiocarbonyl (C=S) groups is 1. The largest absolute Gasteiger partial charge is 0.481 e. The van der Waals surface area contributed by atoms with Crippen LogP contribution in [0.1, 0.15) is 46.4 Å². The number of hydrogen-bond acceptors (Lipinski definition) is 10. The maximum atomic E-state index is 12.5. The van der Waals surface area contributed by atoms with E-state index in [0.717, 1.165) is 11.3 Å². The summed E-state index contributed by atoms with van der Waals surface area (Å²) in [4.78, 5) is 37.4. The Morgan fingerprint density at radius 2 is 1.77 bits per heavy atom. The van der Waals surface area contributed by atoms with Gasteiger partial charge in [-0.3, -0.25) is 15.6 Å². The Kier molecular flexibility index (Phi) is 8.71. The summed E-state index contributed by atoms with van der Waals surface area (Å²) in [5.41, 5.74) is 5.56. The van der Waals surface area contributed by atoms with E-state index in [-0.39, 0.29) is 40.6 Å². The topological polar surface area (TPSA) is 133 Å². The molecule has 1 aromatic carbocycles. The predicted octanol–water partition coefficient (Wildman–Crippen LogP) is 2.92. The quantitative estimate of drug-likeness (QED) is 0.268. The summed E-state index contributed by atoms with van der Waals surface area (Å²) in [5, 5.41) is 3.08. The highest BCUT2D eigenvalue weighted by Gasteiger charge is 2.27. The summed E-state index contributed by atoms with van der Waals surface area (Å²) in [6.45, 7) is 7.01. The molecule has 1 atom stereocenters. The van der Waals surface area contributed by atoms with Gasteiger partial charge in [-0.2, -0.15) is 0 Å². The number of rotatable bonds is 8. The van der Waals surface area contributed by atoms with Crippen LogP contribution >= 0.6 is 23.6 Å². The molecule has 0 fully saturated rings. The van der Waals surface area contributed by atoms with Crippen molar-refractivity contribution in [2.24, 2.45) is 0 Å². The zero-order valence-corrected chi connectivity index (χ0v) is 21.1. The number of hydrazine groups is 1. The normalized spacial score (nSPS) is 12.3. The SMILES string of the molecule is CCOC(=O)c1sc(NC(=S)NNC(=O)[C@@H](C)Oc2ccc3c(c2)OCO3)c(C(=O)OCC)c1C. The first-order valence-corrected chi connectivity index (χ1v) is 11.9. The van der Waals surface area contributed by atoms with Crippen molar-refractivity contribution in [2.45, 2.75) is 33.8 Å². The molecule has 2 heterocycles. The van der Waals surface area contributed by atoms with Crippen LogP contribution in [-0.4, -0.2) is 49.1 Å². The summed E-state index contributed by atoms with van der Waals surface area (Å²) in [6.07, 6.45) is -0.875. The first kappa shape index (κ1) is 26.0. The van der Waals surface area contributed by atoms with Crippen molar-refractivity contribution in [3.8, 4) is 17.2 Å². The van der Waals surface area contributed by atoms with E-state index < -0.39 is 23.9 Å². The number of hydrogen-bond donors (Lipinski definition) is 3. The lowest BCUT2D eigenvalue weighted by molar-refractivity contribution is -0.127. The van der Waals surface area contributed by atoms with Gasteiger partial charge in [-0.15, -0.1) is 11.3 Å². The Morgan fingerprint density at radius 1 is 1.09 bits per heavy atom. The Bertz CT molecular complexity index is 1130. The Morgan fingerprint density at radius 3 is 2.49 bits per heavy atom. The van der Waals surface area contributed by atoms with Crippen LogP contribution in [0, 0.1) is 6.92 Å². The monoisotopic (exact) mass is 523 g/mol. The highest BCUT2D eigenvalue weighted by molar-refractivity contribution is 7.80. The minimum atomic E-state index is -0.875. The number of carbonyl (C=O) groups excluding carboxylic acids is 3. The first-order chi connectivity index (χ1) is 16.7. The van der Waals surface area contributed by atoms with E-state index in [1.54, 1.807) is 45.9 Å². The van der Waals surface area contributed by atoms with Crippen LogP contribution in [0.4, 0.5) is 5.00 Å². The van der Waals surface area contributed by atoms with Crippen LogP contribution in [0.15, 0.2) is 18.2 Å². The fraction of sp³-hybridized carbons (Fsp3) is 0.364. The number of fused-ring (bicyclic) bond motifs is 1. The average molecular weight is 524 g/mol. The van der Waals surface area contributed by atoms with Crippen LogP contribution < -0.4 is 30.4 Å². The van der Waals surface area contributed by atoms with Crippen LogP contribution in [0.3, 0.4) is 0 Å². The van der Waals surface area contributed by atoms with Gasteiger partial charge >= 0.3 is 11.9 Å². The van der Waals surface area contributed by atoms with Gasteiger partial charge in [0, 0.05) is 6.07 Å². The third kappa shape index (κ3) is 6.31. The second kappa shape index (κ2) is 11.7. The molecular weight excluding hydrogens is 498 g/mol. The molecule has 0 spiro atoms. The Hall–Kier alpha value is -3.58. The van der Waals surface area contributed by atoms with Gasteiger partial charge < -0.3 is 29.0 Å². The maximum absolute atomic E-state index is 12.5. The second-order valence-corrected chi connectivity index (χ2v) is 8.47. The molecule has 0 radical (unpaired) electrons. The Balaban J connectivity index is 1.61. The van der Waals surface area contributed by atoms with E-state index in [2.05, 4.69) is 16.2 Å². The standard InChI is InChI=1S/C22H25N3O8S2/c1-5-29-20(27)16-11(3)17(21(28)30-6-2)35-19(16)23-22(34)25-24-18(26)12(4)33-13-7-8-14-15(9-13)32-10-31-14/h7-9,12H,5-6,10H2,1-4H3,(H,24,26)(H2,23,25,34)/t12-/m1/s1. The van der Waals surface area contributed by atoms with Crippen molar-refractivity contribution >= 4 is 51.5 Å². The molecule has 35 heavy (non-hydrogen) atoms. The zero-order chi connectivity index (χ0) is 25.5. The number of anilines is 1. The minimum absolute atomic E-state index is 0.0177. The lowest BCUT2D eigenvalue weighted by Crippen LogP contribution is -2.48. The first-order valence-electron chi connectivity index (χ1n) is 10.7. The lowest BCUT2D eigenvalue weighted by atomic mass is 10.1. The van der Waals surface area contributed by atoms with Crippen LogP contribution in [0.25, 0.3) is 0 Å². The third-order valence-electron chi connectivity index (χ3n) is 4.64. The fourth-order valence-corrected chi connectivity index (χ4v) is 4.31. The van der Waals surface area contributed by atoms with Gasteiger partial charge in [0.25, 0.3) is 5.91 Å². The van der Waals surface area contributed by atoms with Gasteiger partial charge in [0.05, 0.1) is 18.8 Å². The minimum Gasteiger partial charge on any atom is -0.481 e. The number of carbonyl (C=O) groups is 3. The summed E-state index contributed by atoms with van der Waals surface area (Å²) >= 11 is 6.23. The number of esters is 2. The van der Waals surface area contributed by atoms with Gasteiger partial charge in [0.15, 0.2) is 22.7 Å². The van der Waals surface area contributed by atoms with Crippen molar-refractivity contribution in [1.29, 1.82) is 0 Å². The van der Waals surface area contributed by atoms with Crippen LogP contribution in [0.5, 0.6) is 17.2 Å². The molecule has 11 nitrogen and oxygen atoms in total. The molecule has 1 aliphatic heterocycles. The van der Waals surface area contributed by atoms with E-state index >= 15 is 0 Å². The predicted molar refractivity (Wildman–Crippen MR) is 131 cm³/mol. The molecule has 0 aliphatic carbocycles. The number of nitrogens with one attached hydrogen (secondary N) is 3. The summed E-state index contributed by atoms with van der Waals surface area (Å²) < 4.78 is 26.3. The molecular formula is C22H25N3O8S2. The van der Waals surface area contributed by atoms with E-state index in [4.69, 9.17) is 35.9 Å². The number of thiophene rings is 1. The molecule has 1 aromatic heterocycles. The van der Waals surface area contributed by atoms with Crippen LogP contribution in [0.2, 0.25) is 0 Å². The van der Waals surface area contributed by atoms with Crippen molar-refractivity contribution in [2.75, 3.05) is 25.3 Å². The molecule has 2 aromatic rings. The van der Waals surface area contributed by atoms with Gasteiger partial charge in [0.1, 0.15) is 15.6 Å². The molecule has 3 N–H and O–H groups in total. The molecule has 188 valence electrons. The van der Waals surface area contributed by atoms with E-state index in [0.29, 0.717) is 22.8 Å². The lowest BCUT2D eigenvalue weighted by Gasteiger charge is -2.16. The van der Waals surface area contributed by atoms with E-state index in [1.165, 1.54) is 0 Å². The third-order valence-corrected chi connectivity index (χ3v) is 6.03.